The topological polar surface area (TPSA) is 82.6 Å². The van der Waals surface area contributed by atoms with E-state index in [1.54, 1.807) is 0 Å². The van der Waals surface area contributed by atoms with Crippen molar-refractivity contribution in [3.05, 3.63) is 36.2 Å². The predicted octanol–water partition coefficient (Wildman–Crippen LogP) is 2.69. The fraction of sp³-hybridized carbons (Fsp3) is 0.444. The van der Waals surface area contributed by atoms with Gasteiger partial charge in [-0.15, -0.1) is 0 Å². The summed E-state index contributed by atoms with van der Waals surface area (Å²) < 4.78 is 23.4. The largest absolute Gasteiger partial charge is 0.453 e. The zero-order valence-electron chi connectivity index (χ0n) is 13.7. The van der Waals surface area contributed by atoms with E-state index in [1.807, 2.05) is 30.3 Å². The van der Waals surface area contributed by atoms with Crippen LogP contribution < -0.4 is 5.32 Å². The normalized spacial score (nSPS) is 23.3. The van der Waals surface area contributed by atoms with Crippen molar-refractivity contribution in [3.63, 3.8) is 0 Å². The number of piperidine rings is 1. The Bertz CT molecular complexity index is 843. The van der Waals surface area contributed by atoms with Crippen LogP contribution in [0.25, 0.3) is 22.6 Å². The number of fused-ring (bicyclic) bond motifs is 1. The summed E-state index contributed by atoms with van der Waals surface area (Å²) in [5, 5.41) is 8.42. The first-order valence-electron chi connectivity index (χ1n) is 8.60. The minimum Gasteiger partial charge on any atom is -0.453 e. The van der Waals surface area contributed by atoms with Gasteiger partial charge in [-0.3, -0.25) is 0 Å². The Morgan fingerprint density at radius 2 is 2.04 bits per heavy atom. The van der Waals surface area contributed by atoms with E-state index in [1.165, 1.54) is 0 Å². The van der Waals surface area contributed by atoms with Crippen LogP contribution in [0.15, 0.2) is 39.3 Å². The molecular weight excluding hydrogens is 322 g/mol. The van der Waals surface area contributed by atoms with Crippen molar-refractivity contribution < 1.29 is 18.4 Å². The molecule has 0 radical (unpaired) electrons. The number of nitrogens with one attached hydrogen (secondary N) is 1. The Morgan fingerprint density at radius 3 is 2.92 bits per heavy atom. The van der Waals surface area contributed by atoms with Crippen LogP contribution >= 0.6 is 0 Å². The van der Waals surface area contributed by atoms with Crippen molar-refractivity contribution >= 4 is 11.0 Å². The third kappa shape index (κ3) is 2.74. The number of para-hydroxylation sites is 1. The number of rotatable bonds is 2. The Morgan fingerprint density at radius 1 is 1.16 bits per heavy atom. The van der Waals surface area contributed by atoms with Gasteiger partial charge in [0.1, 0.15) is 5.58 Å². The van der Waals surface area contributed by atoms with E-state index in [0.29, 0.717) is 30.7 Å². The summed E-state index contributed by atoms with van der Waals surface area (Å²) in [7, 11) is 0. The van der Waals surface area contributed by atoms with Gasteiger partial charge < -0.3 is 23.7 Å². The van der Waals surface area contributed by atoms with Gasteiger partial charge in [0, 0.05) is 5.39 Å². The molecule has 0 aliphatic carbocycles. The van der Waals surface area contributed by atoms with Crippen LogP contribution in [0.5, 0.6) is 0 Å². The van der Waals surface area contributed by atoms with Gasteiger partial charge in [-0.2, -0.15) is 4.98 Å². The highest BCUT2D eigenvalue weighted by Gasteiger charge is 2.41. The standard InChI is InChI=1S/C18H19N3O4/c1-2-4-13-12(3-1)9-14(23-13)16-20-17(25-21-16)15-10-22-11-18(24-15)5-7-19-8-6-18/h1-4,9,15,19H,5-8,10-11H2. The van der Waals surface area contributed by atoms with Gasteiger partial charge in [-0.25, -0.2) is 0 Å². The molecule has 2 aromatic heterocycles. The summed E-state index contributed by atoms with van der Waals surface area (Å²) in [5.74, 6) is 1.46. The fourth-order valence-electron chi connectivity index (χ4n) is 3.55. The molecule has 2 aliphatic heterocycles. The smallest absolute Gasteiger partial charge is 0.258 e. The number of nitrogens with zero attached hydrogens (tertiary/aromatic N) is 2. The summed E-state index contributed by atoms with van der Waals surface area (Å²) >= 11 is 0. The Balaban J connectivity index is 1.40. The fourth-order valence-corrected chi connectivity index (χ4v) is 3.55. The lowest BCUT2D eigenvalue weighted by Gasteiger charge is -2.42. The van der Waals surface area contributed by atoms with Gasteiger partial charge in [0.25, 0.3) is 5.89 Å². The molecule has 0 saturated carbocycles. The highest BCUT2D eigenvalue weighted by atomic mass is 16.6. The minimum absolute atomic E-state index is 0.248. The third-order valence-electron chi connectivity index (χ3n) is 4.90. The van der Waals surface area contributed by atoms with Crippen LogP contribution in [-0.4, -0.2) is 42.0 Å². The first-order chi connectivity index (χ1) is 12.3. The van der Waals surface area contributed by atoms with E-state index >= 15 is 0 Å². The maximum Gasteiger partial charge on any atom is 0.258 e. The number of benzene rings is 1. The molecule has 4 heterocycles. The van der Waals surface area contributed by atoms with E-state index < -0.39 is 0 Å². The quantitative estimate of drug-likeness (QED) is 0.767. The molecule has 2 saturated heterocycles. The molecule has 0 amide bonds. The lowest BCUT2D eigenvalue weighted by Crippen LogP contribution is -2.51. The lowest BCUT2D eigenvalue weighted by atomic mass is 9.92. The molecule has 0 bridgehead atoms. The predicted molar refractivity (Wildman–Crippen MR) is 89.0 cm³/mol. The summed E-state index contributed by atoms with van der Waals surface area (Å²) in [4.78, 5) is 4.49. The molecule has 7 heteroatoms. The number of aromatic nitrogens is 2. The number of ether oxygens (including phenoxy) is 2. The van der Waals surface area contributed by atoms with E-state index in [-0.39, 0.29) is 11.7 Å². The molecule has 1 aromatic carbocycles. The molecule has 2 fully saturated rings. The van der Waals surface area contributed by atoms with Crippen LogP contribution in [0.4, 0.5) is 0 Å². The molecule has 5 rings (SSSR count). The minimum atomic E-state index is -0.336. The maximum absolute atomic E-state index is 6.32. The first-order valence-corrected chi connectivity index (χ1v) is 8.60. The van der Waals surface area contributed by atoms with E-state index in [9.17, 15) is 0 Å². The van der Waals surface area contributed by atoms with Gasteiger partial charge in [-0.1, -0.05) is 23.4 Å². The van der Waals surface area contributed by atoms with Gasteiger partial charge in [-0.05, 0) is 38.1 Å². The van der Waals surface area contributed by atoms with E-state index in [2.05, 4.69) is 15.5 Å². The highest BCUT2D eigenvalue weighted by Crippen LogP contribution is 2.35. The Hall–Kier alpha value is -2.22. The molecule has 7 nitrogen and oxygen atoms in total. The second-order valence-electron chi connectivity index (χ2n) is 6.66. The first kappa shape index (κ1) is 15.1. The van der Waals surface area contributed by atoms with Crippen LogP contribution in [0.1, 0.15) is 24.8 Å². The highest BCUT2D eigenvalue weighted by molar-refractivity contribution is 5.81. The zero-order chi connectivity index (χ0) is 16.7. The summed E-state index contributed by atoms with van der Waals surface area (Å²) in [6, 6.07) is 9.72. The zero-order valence-corrected chi connectivity index (χ0v) is 13.7. The molecular formula is C18H19N3O4. The van der Waals surface area contributed by atoms with Crippen molar-refractivity contribution in [2.45, 2.75) is 24.5 Å². The van der Waals surface area contributed by atoms with Gasteiger partial charge in [0.05, 0.1) is 18.8 Å². The summed E-state index contributed by atoms with van der Waals surface area (Å²) in [6.45, 7) is 2.92. The van der Waals surface area contributed by atoms with Crippen molar-refractivity contribution in [3.8, 4) is 11.6 Å². The van der Waals surface area contributed by atoms with Gasteiger partial charge in [0.15, 0.2) is 11.9 Å². The Kier molecular flexibility index (Phi) is 3.58. The molecule has 25 heavy (non-hydrogen) atoms. The van der Waals surface area contributed by atoms with Crippen LogP contribution in [-0.2, 0) is 9.47 Å². The Labute approximate surface area is 144 Å². The van der Waals surface area contributed by atoms with Gasteiger partial charge >= 0.3 is 0 Å². The van der Waals surface area contributed by atoms with Crippen molar-refractivity contribution in [1.82, 2.24) is 15.5 Å². The summed E-state index contributed by atoms with van der Waals surface area (Å²) in [5.41, 5.74) is 0.553. The number of hydrogen-bond donors (Lipinski definition) is 1. The number of furan rings is 1. The molecule has 1 unspecified atom stereocenters. The van der Waals surface area contributed by atoms with Crippen LogP contribution in [0.2, 0.25) is 0 Å². The SMILES string of the molecule is c1ccc2oc(-c3noc(C4COCC5(CCNCC5)O4)n3)cc2c1. The van der Waals surface area contributed by atoms with Crippen LogP contribution in [0, 0.1) is 0 Å². The second kappa shape index (κ2) is 5.94. The lowest BCUT2D eigenvalue weighted by molar-refractivity contribution is -0.216. The molecule has 130 valence electrons. The van der Waals surface area contributed by atoms with Crippen molar-refractivity contribution in [2.75, 3.05) is 26.3 Å². The maximum atomic E-state index is 6.32. The average molecular weight is 341 g/mol. The van der Waals surface area contributed by atoms with Gasteiger partial charge in [0.2, 0.25) is 5.82 Å². The molecule has 1 spiro atoms. The molecule has 1 N–H and O–H groups in total. The third-order valence-corrected chi connectivity index (χ3v) is 4.90. The average Bonchev–Trinajstić information content (AvgIpc) is 3.29. The van der Waals surface area contributed by atoms with Crippen molar-refractivity contribution in [2.24, 2.45) is 0 Å². The van der Waals surface area contributed by atoms with Crippen LogP contribution in [0.3, 0.4) is 0 Å². The number of hydrogen-bond acceptors (Lipinski definition) is 7. The molecule has 2 aliphatic rings. The van der Waals surface area contributed by atoms with E-state index in [4.69, 9.17) is 18.4 Å². The molecule has 3 aromatic rings. The second-order valence-corrected chi connectivity index (χ2v) is 6.66. The summed E-state index contributed by atoms with van der Waals surface area (Å²) in [6.07, 6.45) is 1.51. The monoisotopic (exact) mass is 341 g/mol. The van der Waals surface area contributed by atoms with E-state index in [0.717, 1.165) is 36.9 Å². The van der Waals surface area contributed by atoms with Crippen molar-refractivity contribution in [1.29, 1.82) is 0 Å². The molecule has 1 atom stereocenters.